The number of carbonyl (C=O) groups excluding carboxylic acids is 2. The number of nitrogens with zero attached hydrogens (tertiary/aromatic N) is 1. The van der Waals surface area contributed by atoms with Crippen molar-refractivity contribution in [2.45, 2.75) is 6.92 Å². The van der Waals surface area contributed by atoms with Crippen LogP contribution in [0.4, 0.5) is 15.8 Å². The number of hydrogen-bond donors (Lipinski definition) is 1. The summed E-state index contributed by atoms with van der Waals surface area (Å²) < 4.78 is 13.3. The lowest BCUT2D eigenvalue weighted by Gasteiger charge is -2.20. The van der Waals surface area contributed by atoms with Gasteiger partial charge < -0.3 is 10.2 Å². The zero-order valence-electron chi connectivity index (χ0n) is 11.8. The van der Waals surface area contributed by atoms with Crippen molar-refractivity contribution >= 4 is 34.8 Å². The number of nitrogens with one attached hydrogen (secondary N) is 1. The van der Waals surface area contributed by atoms with E-state index >= 15 is 0 Å². The number of halogens is 2. The lowest BCUT2D eigenvalue weighted by Crippen LogP contribution is -2.36. The molecule has 0 aliphatic carbocycles. The topological polar surface area (TPSA) is 49.4 Å². The molecule has 0 radical (unpaired) electrons. The second kappa shape index (κ2) is 7.04. The molecule has 0 atom stereocenters. The van der Waals surface area contributed by atoms with Crippen LogP contribution in [0.5, 0.6) is 0 Å². The fourth-order valence-electron chi connectivity index (χ4n) is 1.91. The summed E-state index contributed by atoms with van der Waals surface area (Å²) in [5.41, 5.74) is 0.899. The minimum absolute atomic E-state index is 0.207. The summed E-state index contributed by atoms with van der Waals surface area (Å²) in [6.07, 6.45) is 0. The lowest BCUT2D eigenvalue weighted by molar-refractivity contribution is -0.120. The van der Waals surface area contributed by atoms with Crippen molar-refractivity contribution in [1.29, 1.82) is 0 Å². The Labute approximate surface area is 132 Å². The molecule has 0 bridgehead atoms. The molecule has 0 heterocycles. The predicted octanol–water partition coefficient (Wildman–Crippen LogP) is 3.47. The predicted molar refractivity (Wildman–Crippen MR) is 84.5 cm³/mol. The lowest BCUT2D eigenvalue weighted by atomic mass is 10.2. The summed E-state index contributed by atoms with van der Waals surface area (Å²) in [5, 5.41) is 3.21. The zero-order chi connectivity index (χ0) is 16.1. The second-order valence-corrected chi connectivity index (χ2v) is 5.08. The van der Waals surface area contributed by atoms with Crippen LogP contribution in [0.1, 0.15) is 6.92 Å². The third-order valence-electron chi connectivity index (χ3n) is 2.93. The Kier molecular flexibility index (Phi) is 5.12. The smallest absolute Gasteiger partial charge is 0.244 e. The van der Waals surface area contributed by atoms with Crippen LogP contribution in [0, 0.1) is 5.82 Å². The van der Waals surface area contributed by atoms with Crippen LogP contribution in [0.2, 0.25) is 5.02 Å². The molecule has 1 N–H and O–H groups in total. The number of anilines is 2. The Morgan fingerprint density at radius 2 is 1.86 bits per heavy atom. The van der Waals surface area contributed by atoms with Gasteiger partial charge in [0.05, 0.1) is 0 Å². The van der Waals surface area contributed by atoms with Gasteiger partial charge in [-0.05, 0) is 42.5 Å². The van der Waals surface area contributed by atoms with E-state index in [9.17, 15) is 14.0 Å². The highest BCUT2D eigenvalue weighted by Crippen LogP contribution is 2.17. The highest BCUT2D eigenvalue weighted by molar-refractivity contribution is 6.30. The fourth-order valence-corrected chi connectivity index (χ4v) is 2.03. The molecular weight excluding hydrogens is 307 g/mol. The van der Waals surface area contributed by atoms with E-state index in [1.54, 1.807) is 30.3 Å². The van der Waals surface area contributed by atoms with E-state index in [1.165, 1.54) is 30.0 Å². The summed E-state index contributed by atoms with van der Waals surface area (Å²) in [7, 11) is 0. The quantitative estimate of drug-likeness (QED) is 0.937. The van der Waals surface area contributed by atoms with E-state index in [1.807, 2.05) is 0 Å². The van der Waals surface area contributed by atoms with Gasteiger partial charge in [-0.3, -0.25) is 9.59 Å². The summed E-state index contributed by atoms with van der Waals surface area (Å²) >= 11 is 5.77. The Hall–Kier alpha value is -2.40. The standard InChI is InChI=1S/C16H14ClFN2O2/c1-11(21)20(15-4-2-3-13(18)9-15)10-16(22)19-14-7-5-12(17)6-8-14/h2-9H,10H2,1H3,(H,19,22). The van der Waals surface area contributed by atoms with Crippen LogP contribution < -0.4 is 10.2 Å². The van der Waals surface area contributed by atoms with Crippen LogP contribution in [-0.4, -0.2) is 18.4 Å². The molecule has 114 valence electrons. The number of hydrogen-bond acceptors (Lipinski definition) is 2. The zero-order valence-corrected chi connectivity index (χ0v) is 12.6. The van der Waals surface area contributed by atoms with Gasteiger partial charge in [0.15, 0.2) is 0 Å². The first-order valence-electron chi connectivity index (χ1n) is 6.55. The van der Waals surface area contributed by atoms with Crippen molar-refractivity contribution < 1.29 is 14.0 Å². The molecule has 0 spiro atoms. The van der Waals surface area contributed by atoms with Crippen LogP contribution >= 0.6 is 11.6 Å². The van der Waals surface area contributed by atoms with Crippen LogP contribution in [0.15, 0.2) is 48.5 Å². The minimum atomic E-state index is -0.471. The number of carbonyl (C=O) groups is 2. The Balaban J connectivity index is 2.09. The molecule has 22 heavy (non-hydrogen) atoms. The van der Waals surface area contributed by atoms with Crippen LogP contribution in [0.25, 0.3) is 0 Å². The SMILES string of the molecule is CC(=O)N(CC(=O)Nc1ccc(Cl)cc1)c1cccc(F)c1. The second-order valence-electron chi connectivity index (χ2n) is 4.64. The first-order chi connectivity index (χ1) is 10.5. The third kappa shape index (κ3) is 4.30. The maximum Gasteiger partial charge on any atom is 0.244 e. The molecular formula is C16H14ClFN2O2. The van der Waals surface area contributed by atoms with Crippen molar-refractivity contribution in [2.24, 2.45) is 0 Å². The third-order valence-corrected chi connectivity index (χ3v) is 3.18. The average Bonchev–Trinajstić information content (AvgIpc) is 2.47. The van der Waals surface area contributed by atoms with Gasteiger partial charge in [-0.15, -0.1) is 0 Å². The fraction of sp³-hybridized carbons (Fsp3) is 0.125. The molecule has 0 aromatic heterocycles. The van der Waals surface area contributed by atoms with E-state index in [0.29, 0.717) is 16.4 Å². The van der Waals surface area contributed by atoms with Crippen molar-refractivity contribution in [2.75, 3.05) is 16.8 Å². The Morgan fingerprint density at radius 3 is 2.45 bits per heavy atom. The van der Waals surface area contributed by atoms with E-state index in [-0.39, 0.29) is 18.4 Å². The first kappa shape index (κ1) is 16.0. The van der Waals surface area contributed by atoms with E-state index < -0.39 is 5.82 Å². The molecule has 0 saturated heterocycles. The molecule has 0 aliphatic rings. The molecule has 2 amide bonds. The van der Waals surface area contributed by atoms with Gasteiger partial charge in [-0.25, -0.2) is 4.39 Å². The summed E-state index contributed by atoms with van der Waals surface area (Å²) in [6, 6.07) is 12.1. The van der Waals surface area contributed by atoms with E-state index in [2.05, 4.69) is 5.32 Å². The van der Waals surface area contributed by atoms with Crippen molar-refractivity contribution in [3.05, 3.63) is 59.4 Å². The Bertz CT molecular complexity index is 689. The van der Waals surface area contributed by atoms with Crippen LogP contribution in [-0.2, 0) is 9.59 Å². The summed E-state index contributed by atoms with van der Waals surface area (Å²) in [4.78, 5) is 24.9. The molecule has 0 fully saturated rings. The van der Waals surface area contributed by atoms with E-state index in [4.69, 9.17) is 11.6 Å². The van der Waals surface area contributed by atoms with E-state index in [0.717, 1.165) is 0 Å². The number of benzene rings is 2. The van der Waals surface area contributed by atoms with Gasteiger partial charge in [0.2, 0.25) is 11.8 Å². The normalized spacial score (nSPS) is 10.1. The Morgan fingerprint density at radius 1 is 1.18 bits per heavy atom. The van der Waals surface area contributed by atoms with Crippen molar-refractivity contribution in [1.82, 2.24) is 0 Å². The molecule has 4 nitrogen and oxygen atoms in total. The van der Waals surface area contributed by atoms with Gasteiger partial charge in [-0.1, -0.05) is 17.7 Å². The molecule has 0 aliphatic heterocycles. The average molecular weight is 321 g/mol. The molecule has 2 rings (SSSR count). The number of amides is 2. The minimum Gasteiger partial charge on any atom is -0.325 e. The van der Waals surface area contributed by atoms with Gasteiger partial charge >= 0.3 is 0 Å². The molecule has 6 heteroatoms. The molecule has 2 aromatic carbocycles. The maximum atomic E-state index is 13.3. The van der Waals surface area contributed by atoms with Crippen molar-refractivity contribution in [3.8, 4) is 0 Å². The highest BCUT2D eigenvalue weighted by atomic mass is 35.5. The maximum absolute atomic E-state index is 13.3. The molecule has 0 saturated carbocycles. The van der Waals surface area contributed by atoms with Gasteiger partial charge in [-0.2, -0.15) is 0 Å². The van der Waals surface area contributed by atoms with Crippen molar-refractivity contribution in [3.63, 3.8) is 0 Å². The van der Waals surface area contributed by atoms with Gasteiger partial charge in [0, 0.05) is 23.3 Å². The van der Waals surface area contributed by atoms with Gasteiger partial charge in [0.1, 0.15) is 12.4 Å². The van der Waals surface area contributed by atoms with Crippen LogP contribution in [0.3, 0.4) is 0 Å². The summed E-state index contributed by atoms with van der Waals surface area (Å²) in [5.74, 6) is -1.21. The molecule has 2 aromatic rings. The first-order valence-corrected chi connectivity index (χ1v) is 6.92. The highest BCUT2D eigenvalue weighted by Gasteiger charge is 2.16. The largest absolute Gasteiger partial charge is 0.325 e. The molecule has 0 unspecified atom stereocenters. The van der Waals surface area contributed by atoms with Gasteiger partial charge in [0.25, 0.3) is 0 Å². The monoisotopic (exact) mass is 320 g/mol. The summed E-state index contributed by atoms with van der Waals surface area (Å²) in [6.45, 7) is 1.11. The number of rotatable bonds is 4.